The van der Waals surface area contributed by atoms with Gasteiger partial charge in [-0.25, -0.2) is 0 Å². The molecule has 0 fully saturated rings. The van der Waals surface area contributed by atoms with E-state index in [9.17, 15) is 0 Å². The Morgan fingerprint density at radius 3 is 2.00 bits per heavy atom. The van der Waals surface area contributed by atoms with Crippen LogP contribution in [0.4, 0.5) is 0 Å². The van der Waals surface area contributed by atoms with Gasteiger partial charge in [0.2, 0.25) is 0 Å². The van der Waals surface area contributed by atoms with Crippen LogP contribution in [0.2, 0.25) is 0 Å². The SMILES string of the molecule is C=CC.[H-].[K+]. The van der Waals surface area contributed by atoms with Crippen molar-refractivity contribution in [2.24, 2.45) is 0 Å². The van der Waals surface area contributed by atoms with Gasteiger partial charge in [0.05, 0.1) is 0 Å². The van der Waals surface area contributed by atoms with E-state index in [1.807, 2.05) is 6.92 Å². The summed E-state index contributed by atoms with van der Waals surface area (Å²) in [5.74, 6) is 0. The van der Waals surface area contributed by atoms with Crippen molar-refractivity contribution < 1.29 is 52.8 Å². The second-order valence-electron chi connectivity index (χ2n) is 0.408. The summed E-state index contributed by atoms with van der Waals surface area (Å²) < 4.78 is 0. The van der Waals surface area contributed by atoms with E-state index in [1.165, 1.54) is 0 Å². The fourth-order valence-electron chi connectivity index (χ4n) is 0. The molecule has 0 aliphatic rings. The van der Waals surface area contributed by atoms with Crippen LogP contribution in [0.25, 0.3) is 0 Å². The topological polar surface area (TPSA) is 0 Å². The van der Waals surface area contributed by atoms with Crippen molar-refractivity contribution in [2.75, 3.05) is 0 Å². The van der Waals surface area contributed by atoms with Gasteiger partial charge in [-0.05, 0) is 6.92 Å². The van der Waals surface area contributed by atoms with Crippen molar-refractivity contribution in [1.82, 2.24) is 0 Å². The maximum Gasteiger partial charge on any atom is 1.00 e. The number of hydrogen-bond donors (Lipinski definition) is 0. The first kappa shape index (κ1) is 9.03. The van der Waals surface area contributed by atoms with Crippen molar-refractivity contribution in [3.63, 3.8) is 0 Å². The zero-order chi connectivity index (χ0) is 2.71. The van der Waals surface area contributed by atoms with Crippen molar-refractivity contribution in [2.45, 2.75) is 6.92 Å². The molecule has 1 heteroatoms. The van der Waals surface area contributed by atoms with Gasteiger partial charge in [-0.2, -0.15) is 0 Å². The molecule has 0 radical (unpaired) electrons. The summed E-state index contributed by atoms with van der Waals surface area (Å²) in [5.41, 5.74) is 0. The molecule has 0 N–H and O–H groups in total. The molecule has 0 unspecified atom stereocenters. The van der Waals surface area contributed by atoms with Crippen molar-refractivity contribution in [3.05, 3.63) is 12.7 Å². The van der Waals surface area contributed by atoms with Crippen molar-refractivity contribution in [3.8, 4) is 0 Å². The fourth-order valence-corrected chi connectivity index (χ4v) is 0. The molecule has 0 spiro atoms. The molecule has 0 saturated carbocycles. The minimum absolute atomic E-state index is 0. The van der Waals surface area contributed by atoms with E-state index in [1.54, 1.807) is 6.08 Å². The van der Waals surface area contributed by atoms with Crippen LogP contribution in [0.3, 0.4) is 0 Å². The molecule has 0 nitrogen and oxygen atoms in total. The Morgan fingerprint density at radius 2 is 2.00 bits per heavy atom. The van der Waals surface area contributed by atoms with Gasteiger partial charge < -0.3 is 1.43 Å². The van der Waals surface area contributed by atoms with Gasteiger partial charge in [-0.3, -0.25) is 0 Å². The van der Waals surface area contributed by atoms with Crippen molar-refractivity contribution in [1.29, 1.82) is 0 Å². The van der Waals surface area contributed by atoms with Crippen LogP contribution in [0.15, 0.2) is 12.7 Å². The van der Waals surface area contributed by atoms with Crippen LogP contribution in [0.1, 0.15) is 8.35 Å². The standard InChI is InChI=1S/C3H6.K.H/c1-3-2;;/h3H,1H2,2H3;;/q;+1;-1. The first-order valence-corrected chi connectivity index (χ1v) is 0.986. The fraction of sp³-hybridized carbons (Fsp3) is 0.333. The second kappa shape index (κ2) is 8.83. The molecular formula is C3H7K. The van der Waals surface area contributed by atoms with E-state index >= 15 is 0 Å². The van der Waals surface area contributed by atoms with Crippen LogP contribution < -0.4 is 51.4 Å². The molecule has 0 aliphatic carbocycles. The first-order valence-electron chi connectivity index (χ1n) is 0.986. The number of allylic oxidation sites excluding steroid dienone is 1. The van der Waals surface area contributed by atoms with Gasteiger partial charge >= 0.3 is 51.4 Å². The summed E-state index contributed by atoms with van der Waals surface area (Å²) in [4.78, 5) is 0. The van der Waals surface area contributed by atoms with Crippen LogP contribution >= 0.6 is 0 Å². The average molecular weight is 82.2 g/mol. The third-order valence-corrected chi connectivity index (χ3v) is 0. The molecule has 0 aromatic heterocycles. The summed E-state index contributed by atoms with van der Waals surface area (Å²) in [6.07, 6.45) is 1.75. The molecule has 0 aromatic rings. The molecular weight excluding hydrogens is 75.1 g/mol. The van der Waals surface area contributed by atoms with Crippen molar-refractivity contribution >= 4 is 0 Å². The molecule has 0 heterocycles. The Bertz CT molecular complexity index is 14.4. The molecule has 0 atom stereocenters. The predicted molar refractivity (Wildman–Crippen MR) is 17.0 cm³/mol. The minimum atomic E-state index is 0. The van der Waals surface area contributed by atoms with Gasteiger partial charge in [0.1, 0.15) is 0 Å². The smallest absolute Gasteiger partial charge is 1.00 e. The summed E-state index contributed by atoms with van der Waals surface area (Å²) in [6.45, 7) is 5.25. The Labute approximate surface area is 71.2 Å². The largest absolute Gasteiger partial charge is 1.00 e. The first-order chi connectivity index (χ1) is 1.41. The summed E-state index contributed by atoms with van der Waals surface area (Å²) in [6, 6.07) is 0. The Kier molecular flexibility index (Phi) is 20.0. The predicted octanol–water partition coefficient (Wildman–Crippen LogP) is -1.69. The third kappa shape index (κ3) is 10.1. The van der Waals surface area contributed by atoms with Crippen LogP contribution in [0, 0.1) is 0 Å². The maximum absolute atomic E-state index is 3.36. The Hall–Kier alpha value is 1.38. The minimum Gasteiger partial charge on any atom is -1.00 e. The van der Waals surface area contributed by atoms with E-state index in [0.29, 0.717) is 0 Å². The molecule has 4 heavy (non-hydrogen) atoms. The van der Waals surface area contributed by atoms with E-state index in [2.05, 4.69) is 6.58 Å². The van der Waals surface area contributed by atoms with E-state index in [-0.39, 0.29) is 52.8 Å². The van der Waals surface area contributed by atoms with Crippen LogP contribution in [-0.2, 0) is 0 Å². The number of rotatable bonds is 0. The zero-order valence-corrected chi connectivity index (χ0v) is 6.41. The average Bonchev–Trinajstić information content (AvgIpc) is 0.918. The summed E-state index contributed by atoms with van der Waals surface area (Å²) in [7, 11) is 0. The molecule has 0 rings (SSSR count). The molecule has 0 saturated heterocycles. The summed E-state index contributed by atoms with van der Waals surface area (Å²) in [5, 5.41) is 0. The maximum atomic E-state index is 3.36. The van der Waals surface area contributed by atoms with E-state index in [0.717, 1.165) is 0 Å². The van der Waals surface area contributed by atoms with Gasteiger partial charge in [0.15, 0.2) is 0 Å². The van der Waals surface area contributed by atoms with Gasteiger partial charge in [-0.1, -0.05) is 6.08 Å². The second-order valence-corrected chi connectivity index (χ2v) is 0.408. The number of hydrogen-bond acceptors (Lipinski definition) is 0. The zero-order valence-electron chi connectivity index (χ0n) is 4.28. The van der Waals surface area contributed by atoms with E-state index < -0.39 is 0 Å². The van der Waals surface area contributed by atoms with Crippen LogP contribution in [0.5, 0.6) is 0 Å². The summed E-state index contributed by atoms with van der Waals surface area (Å²) >= 11 is 0. The molecule has 0 aliphatic heterocycles. The van der Waals surface area contributed by atoms with Gasteiger partial charge in [0.25, 0.3) is 0 Å². The van der Waals surface area contributed by atoms with Gasteiger partial charge in [0, 0.05) is 0 Å². The Morgan fingerprint density at radius 1 is 2.00 bits per heavy atom. The molecule has 0 aromatic carbocycles. The third-order valence-electron chi connectivity index (χ3n) is 0. The molecule has 0 bridgehead atoms. The molecule has 0 amide bonds. The monoisotopic (exact) mass is 82.0 g/mol. The molecule has 20 valence electrons. The Balaban J connectivity index is -0.0000000200. The van der Waals surface area contributed by atoms with Gasteiger partial charge in [-0.15, -0.1) is 6.58 Å². The van der Waals surface area contributed by atoms with Crippen LogP contribution in [-0.4, -0.2) is 0 Å². The quantitative estimate of drug-likeness (QED) is 0.242. The van der Waals surface area contributed by atoms with E-state index in [4.69, 9.17) is 0 Å². The normalized spacial score (nSPS) is 3.25.